The highest BCUT2D eigenvalue weighted by molar-refractivity contribution is 7.91. The van der Waals surface area contributed by atoms with E-state index in [2.05, 4.69) is 5.32 Å². The Labute approximate surface area is 226 Å². The second-order valence-corrected chi connectivity index (χ2v) is 11.8. The molecule has 1 saturated heterocycles. The van der Waals surface area contributed by atoms with Crippen LogP contribution in [0.4, 0.5) is 0 Å². The number of nitrogens with one attached hydrogen (secondary N) is 1. The molecule has 0 unspecified atom stereocenters. The highest BCUT2D eigenvalue weighted by atomic mass is 35.5. The summed E-state index contributed by atoms with van der Waals surface area (Å²) >= 11 is 12.5. The third kappa shape index (κ3) is 5.17. The maximum absolute atomic E-state index is 13.0. The number of hydrogen-bond donors (Lipinski definition) is 1. The molecule has 2 aromatic rings. The molecular weight excluding hydrogens is 540 g/mol. The standard InChI is InChI=1S/C25H29ClN2O7S2/c1-32-19-8-6-14-16(13-18(19)29)17(27-25(36)28-9-11-37(30,31)12-10-28)7-5-15-20(14)22(33-2)24(35-4)23(34-3)21(15)26/h6,8,13,17H,5,7,9-12H2,1-4H3,(H,27,36)/t17-/m0/s1. The van der Waals surface area contributed by atoms with E-state index in [1.165, 1.54) is 34.5 Å². The van der Waals surface area contributed by atoms with Crippen LogP contribution >= 0.6 is 23.8 Å². The highest BCUT2D eigenvalue weighted by Gasteiger charge is 2.33. The van der Waals surface area contributed by atoms with Crippen LogP contribution in [0.2, 0.25) is 5.02 Å². The lowest BCUT2D eigenvalue weighted by Gasteiger charge is -2.31. The molecular formula is C25H29ClN2O7S2. The van der Waals surface area contributed by atoms with Crippen LogP contribution in [0.5, 0.6) is 23.0 Å². The van der Waals surface area contributed by atoms with Gasteiger partial charge in [0.25, 0.3) is 0 Å². The zero-order chi connectivity index (χ0) is 26.9. The van der Waals surface area contributed by atoms with Gasteiger partial charge in [0.05, 0.1) is 51.0 Å². The van der Waals surface area contributed by atoms with Crippen molar-refractivity contribution in [1.82, 2.24) is 10.2 Å². The van der Waals surface area contributed by atoms with Gasteiger partial charge in [-0.2, -0.15) is 0 Å². The number of ether oxygens (including phenoxy) is 4. The van der Waals surface area contributed by atoms with E-state index in [1.807, 2.05) is 4.90 Å². The summed E-state index contributed by atoms with van der Waals surface area (Å²) in [6, 6.07) is 4.57. The minimum atomic E-state index is -3.06. The molecule has 0 spiro atoms. The van der Waals surface area contributed by atoms with Crippen molar-refractivity contribution in [3.8, 4) is 34.1 Å². The lowest BCUT2D eigenvalue weighted by atomic mass is 9.95. The van der Waals surface area contributed by atoms with Crippen LogP contribution in [0.25, 0.3) is 11.1 Å². The highest BCUT2D eigenvalue weighted by Crippen LogP contribution is 2.54. The summed E-state index contributed by atoms with van der Waals surface area (Å²) in [6.45, 7) is 0.621. The van der Waals surface area contributed by atoms with Crippen molar-refractivity contribution in [2.75, 3.05) is 53.0 Å². The maximum atomic E-state index is 13.0. The summed E-state index contributed by atoms with van der Waals surface area (Å²) in [6.07, 6.45) is 1.06. The Balaban J connectivity index is 1.89. The molecule has 200 valence electrons. The fraction of sp³-hybridized carbons (Fsp3) is 0.440. The second kappa shape index (κ2) is 10.9. The average Bonchev–Trinajstić information content (AvgIpc) is 3.12. The zero-order valence-electron chi connectivity index (χ0n) is 21.1. The van der Waals surface area contributed by atoms with Crippen molar-refractivity contribution >= 4 is 38.8 Å². The quantitative estimate of drug-likeness (QED) is 0.541. The molecule has 4 rings (SSSR count). The zero-order valence-corrected chi connectivity index (χ0v) is 23.4. The van der Waals surface area contributed by atoms with Gasteiger partial charge in [0.1, 0.15) is 0 Å². The number of rotatable bonds is 5. The van der Waals surface area contributed by atoms with Gasteiger partial charge >= 0.3 is 0 Å². The fourth-order valence-electron chi connectivity index (χ4n) is 4.84. The van der Waals surface area contributed by atoms with Crippen molar-refractivity contribution in [3.05, 3.63) is 44.6 Å². The first-order valence-corrected chi connectivity index (χ1v) is 14.2. The van der Waals surface area contributed by atoms with Gasteiger partial charge in [0.15, 0.2) is 32.2 Å². The summed E-state index contributed by atoms with van der Waals surface area (Å²) in [7, 11) is 2.94. The van der Waals surface area contributed by atoms with Gasteiger partial charge in [0.2, 0.25) is 11.2 Å². The van der Waals surface area contributed by atoms with Crippen LogP contribution in [0.15, 0.2) is 23.0 Å². The van der Waals surface area contributed by atoms with Crippen LogP contribution in [-0.2, 0) is 16.3 Å². The molecule has 0 bridgehead atoms. The van der Waals surface area contributed by atoms with Gasteiger partial charge in [-0.15, -0.1) is 0 Å². The van der Waals surface area contributed by atoms with Crippen LogP contribution in [0.1, 0.15) is 23.6 Å². The second-order valence-electron chi connectivity index (χ2n) is 8.73. The number of benzene rings is 1. The summed E-state index contributed by atoms with van der Waals surface area (Å²) in [5, 5.41) is 4.20. The van der Waals surface area contributed by atoms with Crippen molar-refractivity contribution in [2.45, 2.75) is 18.9 Å². The first-order valence-electron chi connectivity index (χ1n) is 11.6. The number of methoxy groups -OCH3 is 4. The molecule has 0 radical (unpaired) electrons. The van der Waals surface area contributed by atoms with E-state index < -0.39 is 9.84 Å². The number of sulfone groups is 1. The van der Waals surface area contributed by atoms with Gasteiger partial charge in [-0.25, -0.2) is 8.42 Å². The minimum absolute atomic E-state index is 0.0464. The van der Waals surface area contributed by atoms with E-state index in [4.69, 9.17) is 42.8 Å². The van der Waals surface area contributed by atoms with Gasteiger partial charge in [-0.05, 0) is 53.9 Å². The van der Waals surface area contributed by atoms with Crippen molar-refractivity contribution in [1.29, 1.82) is 0 Å². The van der Waals surface area contributed by atoms with E-state index in [1.54, 1.807) is 12.1 Å². The Bertz CT molecular complexity index is 1380. The van der Waals surface area contributed by atoms with Gasteiger partial charge in [-0.3, -0.25) is 4.79 Å². The summed E-state index contributed by atoms with van der Waals surface area (Å²) in [5.74, 6) is 1.41. The SMILES string of the molecule is COc1c(Cl)c2c(c(OC)c1OC)-c1ccc(OC)c(=O)cc1[C@@H](NC(=S)N1CCS(=O)(=O)CC1)CC2. The largest absolute Gasteiger partial charge is 0.493 e. The molecule has 9 nitrogen and oxygen atoms in total. The van der Waals surface area contributed by atoms with Gasteiger partial charge in [0, 0.05) is 18.7 Å². The van der Waals surface area contributed by atoms with Crippen LogP contribution in [-0.4, -0.2) is 71.5 Å². The van der Waals surface area contributed by atoms with Gasteiger partial charge < -0.3 is 29.2 Å². The molecule has 2 aliphatic rings. The number of nitrogens with zero attached hydrogens (tertiary/aromatic N) is 1. The predicted octanol–water partition coefficient (Wildman–Crippen LogP) is 2.99. The minimum Gasteiger partial charge on any atom is -0.493 e. The Hall–Kier alpha value is -2.76. The van der Waals surface area contributed by atoms with E-state index in [9.17, 15) is 13.2 Å². The lowest BCUT2D eigenvalue weighted by Crippen LogP contribution is -2.48. The van der Waals surface area contributed by atoms with Crippen molar-refractivity contribution < 1.29 is 27.4 Å². The first kappa shape index (κ1) is 27.3. The Morgan fingerprint density at radius 3 is 2.27 bits per heavy atom. The third-order valence-electron chi connectivity index (χ3n) is 6.74. The molecule has 1 fully saturated rings. The van der Waals surface area contributed by atoms with E-state index in [0.717, 1.165) is 5.56 Å². The van der Waals surface area contributed by atoms with Crippen LogP contribution in [0, 0.1) is 0 Å². The predicted molar refractivity (Wildman–Crippen MR) is 146 cm³/mol. The first-order chi connectivity index (χ1) is 17.6. The lowest BCUT2D eigenvalue weighted by molar-refractivity contribution is 0.325. The number of halogens is 1. The van der Waals surface area contributed by atoms with Crippen LogP contribution < -0.4 is 29.7 Å². The summed E-state index contributed by atoms with van der Waals surface area (Å²) < 4.78 is 46.1. The van der Waals surface area contributed by atoms with E-state index >= 15 is 0 Å². The number of thiocarbonyl (C=S) groups is 1. The van der Waals surface area contributed by atoms with Gasteiger partial charge in [-0.1, -0.05) is 17.7 Å². The molecule has 12 heteroatoms. The molecule has 1 N–H and O–H groups in total. The van der Waals surface area contributed by atoms with Crippen LogP contribution in [0.3, 0.4) is 0 Å². The number of fused-ring (bicyclic) bond motifs is 3. The molecule has 1 aliphatic carbocycles. The molecule has 1 heterocycles. The Morgan fingerprint density at radius 2 is 1.68 bits per heavy atom. The molecule has 2 aromatic carbocycles. The Morgan fingerprint density at radius 1 is 1.03 bits per heavy atom. The maximum Gasteiger partial charge on any atom is 0.220 e. The number of hydrogen-bond acceptors (Lipinski definition) is 8. The smallest absolute Gasteiger partial charge is 0.220 e. The third-order valence-corrected chi connectivity index (χ3v) is 9.12. The molecule has 0 saturated carbocycles. The molecule has 37 heavy (non-hydrogen) atoms. The molecule has 1 atom stereocenters. The average molecular weight is 569 g/mol. The van der Waals surface area contributed by atoms with Crippen molar-refractivity contribution in [3.63, 3.8) is 0 Å². The molecule has 0 amide bonds. The fourth-order valence-corrected chi connectivity index (χ4v) is 6.72. The molecule has 1 aliphatic heterocycles. The topological polar surface area (TPSA) is 103 Å². The summed E-state index contributed by atoms with van der Waals surface area (Å²) in [5.41, 5.74) is 2.57. The normalized spacial score (nSPS) is 18.1. The van der Waals surface area contributed by atoms with Crippen molar-refractivity contribution in [2.24, 2.45) is 0 Å². The monoisotopic (exact) mass is 568 g/mol. The van der Waals surface area contributed by atoms with E-state index in [-0.39, 0.29) is 28.7 Å². The summed E-state index contributed by atoms with van der Waals surface area (Å²) in [4.78, 5) is 14.9. The Kier molecular flexibility index (Phi) is 8.05. The molecule has 0 aromatic heterocycles. The van der Waals surface area contributed by atoms with E-state index in [0.29, 0.717) is 70.0 Å².